The lowest BCUT2D eigenvalue weighted by Crippen LogP contribution is -2.12. The molecule has 0 saturated heterocycles. The van der Waals surface area contributed by atoms with Gasteiger partial charge in [-0.05, 0) is 42.4 Å². The third-order valence-electron chi connectivity index (χ3n) is 3.48. The minimum absolute atomic E-state index is 0.149. The van der Waals surface area contributed by atoms with Crippen LogP contribution >= 0.6 is 15.9 Å². The molecule has 0 aliphatic carbocycles. The first-order valence-electron chi connectivity index (χ1n) is 6.49. The Morgan fingerprint density at radius 1 is 1.06 bits per heavy atom. The van der Waals surface area contributed by atoms with Gasteiger partial charge in [-0.3, -0.25) is 0 Å². The van der Waals surface area contributed by atoms with E-state index in [1.54, 1.807) is 12.1 Å². The Morgan fingerprint density at radius 2 is 1.65 bits per heavy atom. The van der Waals surface area contributed by atoms with E-state index in [0.29, 0.717) is 5.92 Å². The van der Waals surface area contributed by atoms with E-state index in [0.717, 1.165) is 17.7 Å². The molecule has 0 N–H and O–H groups in total. The van der Waals surface area contributed by atoms with Gasteiger partial charge in [-0.15, -0.1) is 0 Å². The highest BCUT2D eigenvalue weighted by Crippen LogP contribution is 2.23. The predicted molar refractivity (Wildman–Crippen MR) is 76.1 cm³/mol. The van der Waals surface area contributed by atoms with Crippen LogP contribution in [0.4, 0.5) is 4.39 Å². The second-order valence-electron chi connectivity index (χ2n) is 4.77. The Labute approximate surface area is 113 Å². The molecule has 1 unspecified atom stereocenters. The highest BCUT2D eigenvalue weighted by atomic mass is 79.9. The SMILES string of the molecule is CCC(CC)CC(CBr)Cc1ccc(F)cc1. The number of rotatable bonds is 7. The highest BCUT2D eigenvalue weighted by Gasteiger charge is 2.13. The van der Waals surface area contributed by atoms with Gasteiger partial charge in [-0.2, -0.15) is 0 Å². The molecule has 2 heteroatoms. The Kier molecular flexibility index (Phi) is 6.79. The van der Waals surface area contributed by atoms with E-state index in [4.69, 9.17) is 0 Å². The van der Waals surface area contributed by atoms with Gasteiger partial charge in [-0.1, -0.05) is 54.8 Å². The maximum atomic E-state index is 12.8. The summed E-state index contributed by atoms with van der Waals surface area (Å²) in [6.45, 7) is 4.52. The third kappa shape index (κ3) is 5.20. The lowest BCUT2D eigenvalue weighted by molar-refractivity contribution is 0.374. The third-order valence-corrected chi connectivity index (χ3v) is 4.39. The van der Waals surface area contributed by atoms with Crippen LogP contribution in [0.5, 0.6) is 0 Å². The molecule has 1 atom stereocenters. The maximum Gasteiger partial charge on any atom is 0.123 e. The summed E-state index contributed by atoms with van der Waals surface area (Å²) in [5.74, 6) is 1.33. The van der Waals surface area contributed by atoms with Crippen molar-refractivity contribution in [2.75, 3.05) is 5.33 Å². The molecule has 0 radical (unpaired) electrons. The molecule has 1 aromatic carbocycles. The Bertz CT molecular complexity index is 303. The smallest absolute Gasteiger partial charge is 0.123 e. The molecule has 0 amide bonds. The van der Waals surface area contributed by atoms with Gasteiger partial charge in [0.15, 0.2) is 0 Å². The van der Waals surface area contributed by atoms with Crippen LogP contribution in [0.2, 0.25) is 0 Å². The molecule has 0 nitrogen and oxygen atoms in total. The van der Waals surface area contributed by atoms with Crippen LogP contribution in [0.1, 0.15) is 38.7 Å². The first-order valence-corrected chi connectivity index (χ1v) is 7.62. The minimum Gasteiger partial charge on any atom is -0.207 e. The molecule has 0 aliphatic heterocycles. The molecule has 0 fully saturated rings. The van der Waals surface area contributed by atoms with Gasteiger partial charge < -0.3 is 0 Å². The monoisotopic (exact) mass is 300 g/mol. The summed E-state index contributed by atoms with van der Waals surface area (Å²) in [6.07, 6.45) is 4.81. The van der Waals surface area contributed by atoms with E-state index in [-0.39, 0.29) is 5.82 Å². The van der Waals surface area contributed by atoms with Crippen molar-refractivity contribution >= 4 is 15.9 Å². The molecule has 0 saturated carbocycles. The summed E-state index contributed by atoms with van der Waals surface area (Å²) in [4.78, 5) is 0. The molecule has 0 bridgehead atoms. The first kappa shape index (κ1) is 14.7. The van der Waals surface area contributed by atoms with Gasteiger partial charge in [0.2, 0.25) is 0 Å². The maximum absolute atomic E-state index is 12.8. The molecular formula is C15H22BrF. The van der Waals surface area contributed by atoms with Crippen molar-refractivity contribution in [3.8, 4) is 0 Å². The zero-order chi connectivity index (χ0) is 12.7. The van der Waals surface area contributed by atoms with Crippen LogP contribution in [-0.4, -0.2) is 5.33 Å². The second kappa shape index (κ2) is 7.86. The zero-order valence-corrected chi connectivity index (χ0v) is 12.3. The van der Waals surface area contributed by atoms with Crippen LogP contribution in [0.3, 0.4) is 0 Å². The Morgan fingerprint density at radius 3 is 2.12 bits per heavy atom. The molecular weight excluding hydrogens is 279 g/mol. The summed E-state index contributed by atoms with van der Waals surface area (Å²) in [7, 11) is 0. The first-order chi connectivity index (χ1) is 8.19. The van der Waals surface area contributed by atoms with Crippen molar-refractivity contribution < 1.29 is 4.39 Å². The molecule has 17 heavy (non-hydrogen) atoms. The van der Waals surface area contributed by atoms with E-state index in [1.807, 2.05) is 12.1 Å². The van der Waals surface area contributed by atoms with Crippen LogP contribution in [0, 0.1) is 17.7 Å². The van der Waals surface area contributed by atoms with E-state index in [1.165, 1.54) is 24.8 Å². The molecule has 0 aromatic heterocycles. The Balaban J connectivity index is 2.54. The van der Waals surface area contributed by atoms with Crippen molar-refractivity contribution in [3.63, 3.8) is 0 Å². The number of halogens is 2. The van der Waals surface area contributed by atoms with Gasteiger partial charge in [0.25, 0.3) is 0 Å². The quantitative estimate of drug-likeness (QED) is 0.607. The average molecular weight is 301 g/mol. The van der Waals surface area contributed by atoms with Crippen LogP contribution in [-0.2, 0) is 6.42 Å². The number of alkyl halides is 1. The van der Waals surface area contributed by atoms with Crippen molar-refractivity contribution in [2.45, 2.75) is 39.5 Å². The predicted octanol–water partition coefficient (Wildman–Crippen LogP) is 5.21. The fourth-order valence-corrected chi connectivity index (χ4v) is 2.74. The van der Waals surface area contributed by atoms with Gasteiger partial charge >= 0.3 is 0 Å². The molecule has 1 aromatic rings. The van der Waals surface area contributed by atoms with E-state index in [2.05, 4.69) is 29.8 Å². The summed E-state index contributed by atoms with van der Waals surface area (Å²) >= 11 is 3.60. The van der Waals surface area contributed by atoms with E-state index < -0.39 is 0 Å². The largest absolute Gasteiger partial charge is 0.207 e. The van der Waals surface area contributed by atoms with Gasteiger partial charge in [0, 0.05) is 5.33 Å². The average Bonchev–Trinajstić information content (AvgIpc) is 2.37. The van der Waals surface area contributed by atoms with Crippen molar-refractivity contribution in [2.24, 2.45) is 11.8 Å². The standard InChI is InChI=1S/C15H22BrF/c1-3-12(4-2)9-14(11-16)10-13-5-7-15(17)8-6-13/h5-8,12,14H,3-4,9-11H2,1-2H3. The molecule has 0 aliphatic rings. The number of benzene rings is 1. The van der Waals surface area contributed by atoms with E-state index >= 15 is 0 Å². The summed E-state index contributed by atoms with van der Waals surface area (Å²) in [5, 5.41) is 1.03. The normalized spacial score (nSPS) is 13.0. The molecule has 1 rings (SSSR count). The highest BCUT2D eigenvalue weighted by molar-refractivity contribution is 9.09. The van der Waals surface area contributed by atoms with Gasteiger partial charge in [-0.25, -0.2) is 4.39 Å². The lowest BCUT2D eigenvalue weighted by atomic mass is 9.88. The van der Waals surface area contributed by atoms with Crippen molar-refractivity contribution in [3.05, 3.63) is 35.6 Å². The molecule has 96 valence electrons. The topological polar surface area (TPSA) is 0 Å². The summed E-state index contributed by atoms with van der Waals surface area (Å²) in [6, 6.07) is 6.91. The molecule has 0 spiro atoms. The summed E-state index contributed by atoms with van der Waals surface area (Å²) in [5.41, 5.74) is 1.24. The van der Waals surface area contributed by atoms with Crippen molar-refractivity contribution in [1.29, 1.82) is 0 Å². The van der Waals surface area contributed by atoms with Gasteiger partial charge in [0.05, 0.1) is 0 Å². The Hall–Kier alpha value is -0.370. The van der Waals surface area contributed by atoms with E-state index in [9.17, 15) is 4.39 Å². The van der Waals surface area contributed by atoms with Crippen molar-refractivity contribution in [1.82, 2.24) is 0 Å². The minimum atomic E-state index is -0.149. The second-order valence-corrected chi connectivity index (χ2v) is 5.42. The fraction of sp³-hybridized carbons (Fsp3) is 0.600. The zero-order valence-electron chi connectivity index (χ0n) is 10.8. The molecule has 0 heterocycles. The summed E-state index contributed by atoms with van der Waals surface area (Å²) < 4.78 is 12.8. The fourth-order valence-electron chi connectivity index (χ4n) is 2.25. The lowest BCUT2D eigenvalue weighted by Gasteiger charge is -2.20. The van der Waals surface area contributed by atoms with Gasteiger partial charge in [0.1, 0.15) is 5.82 Å². The van der Waals surface area contributed by atoms with Crippen LogP contribution in [0.15, 0.2) is 24.3 Å². The number of hydrogen-bond donors (Lipinski definition) is 0. The number of hydrogen-bond acceptors (Lipinski definition) is 0. The van der Waals surface area contributed by atoms with Crippen LogP contribution in [0.25, 0.3) is 0 Å². The van der Waals surface area contributed by atoms with Crippen LogP contribution < -0.4 is 0 Å².